The first-order valence-corrected chi connectivity index (χ1v) is 9.90. The van der Waals surface area contributed by atoms with Crippen LogP contribution in [0.25, 0.3) is 22.3 Å². The lowest BCUT2D eigenvalue weighted by Crippen LogP contribution is -2.37. The van der Waals surface area contributed by atoms with Crippen LogP contribution in [0.15, 0.2) is 22.2 Å². The van der Waals surface area contributed by atoms with Gasteiger partial charge < -0.3 is 19.6 Å². The maximum atomic E-state index is 12.2. The maximum absolute atomic E-state index is 12.2. The van der Waals surface area contributed by atoms with Gasteiger partial charge in [-0.2, -0.15) is 4.98 Å². The largest absolute Gasteiger partial charge is 0.465 e. The number of hydrogen-bond donors (Lipinski definition) is 2. The summed E-state index contributed by atoms with van der Waals surface area (Å²) in [6, 6.07) is 0.349. The standard InChI is InChI=1S/C13H21N5O3.C5H4N4S/c1-15(2)7-6-8-21-12-14-10-9(16(12)3)11(19)18(5)13(20)17(10)4;10-5-3-4(7-1-6-3)8-2-9-5/h6-8H2,1-5H3;1-2H,(H2,6,7,8,9,10). The van der Waals surface area contributed by atoms with Gasteiger partial charge in [0, 0.05) is 27.7 Å². The Kier molecular flexibility index (Phi) is 6.65. The Morgan fingerprint density at radius 2 is 1.77 bits per heavy atom. The van der Waals surface area contributed by atoms with E-state index < -0.39 is 5.69 Å². The molecule has 0 aliphatic carbocycles. The fourth-order valence-electron chi connectivity index (χ4n) is 2.96. The topological polar surface area (TPSA) is 132 Å². The predicted octanol–water partition coefficient (Wildman–Crippen LogP) is 0.317. The van der Waals surface area contributed by atoms with Gasteiger partial charge >= 0.3 is 5.69 Å². The third kappa shape index (κ3) is 4.56. The van der Waals surface area contributed by atoms with Crippen LogP contribution in [0.2, 0.25) is 0 Å². The Balaban J connectivity index is 0.000000225. The molecule has 0 spiro atoms. The van der Waals surface area contributed by atoms with Crippen LogP contribution in [0.4, 0.5) is 0 Å². The first-order chi connectivity index (χ1) is 14.7. The average molecular weight is 448 g/mol. The first kappa shape index (κ1) is 22.4. The SMILES string of the molecule is CN(C)CCCOc1nc2c(c(=O)n(C)c(=O)n2C)n1C.S=c1nc[nH]c2nc[nH]c12. The van der Waals surface area contributed by atoms with Crippen LogP contribution in [0.3, 0.4) is 0 Å². The molecule has 2 N–H and O–H groups in total. The summed E-state index contributed by atoms with van der Waals surface area (Å²) in [6.45, 7) is 1.41. The van der Waals surface area contributed by atoms with E-state index in [1.807, 2.05) is 14.1 Å². The molecule has 0 amide bonds. The second-order valence-corrected chi connectivity index (χ2v) is 7.56. The predicted molar refractivity (Wildman–Crippen MR) is 119 cm³/mol. The summed E-state index contributed by atoms with van der Waals surface area (Å²) in [5, 5.41) is 0. The molecule has 31 heavy (non-hydrogen) atoms. The van der Waals surface area contributed by atoms with E-state index in [4.69, 9.17) is 17.0 Å². The molecule has 0 radical (unpaired) electrons. The zero-order chi connectivity index (χ0) is 22.7. The molecular formula is C18H25N9O3S. The molecule has 4 aromatic heterocycles. The van der Waals surface area contributed by atoms with E-state index in [2.05, 4.69) is 29.8 Å². The molecule has 0 bridgehead atoms. The lowest BCUT2D eigenvalue weighted by molar-refractivity contribution is 0.258. The monoisotopic (exact) mass is 447 g/mol. The number of fused-ring (bicyclic) bond motifs is 2. The van der Waals surface area contributed by atoms with Crippen molar-refractivity contribution in [2.45, 2.75) is 6.42 Å². The van der Waals surface area contributed by atoms with E-state index in [1.165, 1.54) is 17.9 Å². The second-order valence-electron chi connectivity index (χ2n) is 7.17. The molecule has 4 aromatic rings. The Hall–Kier alpha value is -3.32. The van der Waals surface area contributed by atoms with Crippen molar-refractivity contribution in [3.8, 4) is 6.01 Å². The molecule has 0 saturated heterocycles. The van der Waals surface area contributed by atoms with E-state index >= 15 is 0 Å². The quantitative estimate of drug-likeness (QED) is 0.330. The average Bonchev–Trinajstić information content (AvgIpc) is 3.34. The Morgan fingerprint density at radius 3 is 2.45 bits per heavy atom. The number of aryl methyl sites for hydroxylation is 2. The third-order valence-electron chi connectivity index (χ3n) is 4.65. The van der Waals surface area contributed by atoms with Crippen LogP contribution in [0.5, 0.6) is 6.01 Å². The van der Waals surface area contributed by atoms with Gasteiger partial charge in [-0.3, -0.25) is 18.5 Å². The summed E-state index contributed by atoms with van der Waals surface area (Å²) in [5.74, 6) is 0. The number of imidazole rings is 2. The minimum Gasteiger partial charge on any atom is -0.465 e. The highest BCUT2D eigenvalue weighted by Crippen LogP contribution is 2.15. The molecule has 4 heterocycles. The summed E-state index contributed by atoms with van der Waals surface area (Å²) in [7, 11) is 8.74. The summed E-state index contributed by atoms with van der Waals surface area (Å²) in [5.41, 5.74) is 1.48. The Bertz CT molecular complexity index is 1380. The van der Waals surface area contributed by atoms with Crippen LogP contribution in [-0.2, 0) is 21.1 Å². The highest BCUT2D eigenvalue weighted by atomic mass is 32.1. The molecule has 0 atom stereocenters. The molecule has 12 nitrogen and oxygen atoms in total. The number of ether oxygens (including phenoxy) is 1. The molecule has 166 valence electrons. The number of aromatic amines is 2. The highest BCUT2D eigenvalue weighted by molar-refractivity contribution is 7.71. The van der Waals surface area contributed by atoms with Gasteiger partial charge in [0.2, 0.25) is 0 Å². The van der Waals surface area contributed by atoms with Crippen LogP contribution >= 0.6 is 12.2 Å². The lowest BCUT2D eigenvalue weighted by Gasteiger charge is -2.09. The molecule has 0 fully saturated rings. The first-order valence-electron chi connectivity index (χ1n) is 9.49. The van der Waals surface area contributed by atoms with Crippen molar-refractivity contribution in [3.63, 3.8) is 0 Å². The van der Waals surface area contributed by atoms with Gasteiger partial charge in [-0.15, -0.1) is 0 Å². The zero-order valence-electron chi connectivity index (χ0n) is 18.0. The van der Waals surface area contributed by atoms with Crippen LogP contribution in [0.1, 0.15) is 6.42 Å². The number of H-pyrrole nitrogens is 2. The number of rotatable bonds is 5. The van der Waals surface area contributed by atoms with Gasteiger partial charge in [0.15, 0.2) is 21.5 Å². The van der Waals surface area contributed by atoms with Gasteiger partial charge in [0.1, 0.15) is 5.52 Å². The van der Waals surface area contributed by atoms with Crippen molar-refractivity contribution < 1.29 is 4.74 Å². The number of aromatic nitrogens is 8. The fourth-order valence-corrected chi connectivity index (χ4v) is 3.16. The third-order valence-corrected chi connectivity index (χ3v) is 4.96. The molecule has 13 heteroatoms. The lowest BCUT2D eigenvalue weighted by atomic mass is 10.4. The van der Waals surface area contributed by atoms with Crippen LogP contribution in [-0.4, -0.2) is 70.8 Å². The minimum absolute atomic E-state index is 0.341. The van der Waals surface area contributed by atoms with Gasteiger partial charge in [-0.1, -0.05) is 12.2 Å². The van der Waals surface area contributed by atoms with Gasteiger partial charge in [0.25, 0.3) is 11.6 Å². The van der Waals surface area contributed by atoms with Crippen LogP contribution < -0.4 is 16.0 Å². The van der Waals surface area contributed by atoms with E-state index in [9.17, 15) is 9.59 Å². The van der Waals surface area contributed by atoms with Crippen molar-refractivity contribution in [1.29, 1.82) is 0 Å². The minimum atomic E-state index is -0.398. The molecule has 0 aliphatic rings. The van der Waals surface area contributed by atoms with Gasteiger partial charge in [-0.25, -0.2) is 14.8 Å². The van der Waals surface area contributed by atoms with Crippen molar-refractivity contribution in [1.82, 2.24) is 43.5 Å². The molecule has 0 aliphatic heterocycles. The number of nitrogens with zero attached hydrogens (tertiary/aromatic N) is 7. The second kappa shape index (κ2) is 9.22. The highest BCUT2D eigenvalue weighted by Gasteiger charge is 2.17. The van der Waals surface area contributed by atoms with Gasteiger partial charge in [-0.05, 0) is 20.5 Å². The van der Waals surface area contributed by atoms with Crippen molar-refractivity contribution in [2.24, 2.45) is 21.1 Å². The summed E-state index contributed by atoms with van der Waals surface area (Å²) >= 11 is 4.91. The van der Waals surface area contributed by atoms with Crippen LogP contribution in [0, 0.1) is 4.64 Å². The molecule has 0 saturated carbocycles. The summed E-state index contributed by atoms with van der Waals surface area (Å²) in [6.07, 6.45) is 3.97. The van der Waals surface area contributed by atoms with Crippen molar-refractivity contribution >= 4 is 34.5 Å². The summed E-state index contributed by atoms with van der Waals surface area (Å²) < 4.78 is 10.2. The normalized spacial score (nSPS) is 11.2. The zero-order valence-corrected chi connectivity index (χ0v) is 18.9. The van der Waals surface area contributed by atoms with Crippen molar-refractivity contribution in [3.05, 3.63) is 38.1 Å². The van der Waals surface area contributed by atoms with E-state index in [1.54, 1.807) is 25.0 Å². The Morgan fingerprint density at radius 1 is 1.06 bits per heavy atom. The smallest absolute Gasteiger partial charge is 0.332 e. The molecular weight excluding hydrogens is 422 g/mol. The number of nitrogens with one attached hydrogen (secondary N) is 2. The van der Waals surface area contributed by atoms with E-state index in [0.717, 1.165) is 28.7 Å². The van der Waals surface area contributed by atoms with Gasteiger partial charge in [0.05, 0.1) is 19.3 Å². The Labute approximate surface area is 182 Å². The van der Waals surface area contributed by atoms with E-state index in [-0.39, 0.29) is 5.56 Å². The fraction of sp³-hybridized carbons (Fsp3) is 0.444. The summed E-state index contributed by atoms with van der Waals surface area (Å²) in [4.78, 5) is 44.0. The maximum Gasteiger partial charge on any atom is 0.332 e. The van der Waals surface area contributed by atoms with E-state index in [0.29, 0.717) is 28.4 Å². The molecule has 4 rings (SSSR count). The molecule has 0 unspecified atom stereocenters. The molecule has 0 aromatic carbocycles. The number of hydrogen-bond acceptors (Lipinski definition) is 8. The van der Waals surface area contributed by atoms with Crippen molar-refractivity contribution in [2.75, 3.05) is 27.2 Å².